The van der Waals surface area contributed by atoms with Gasteiger partial charge in [0, 0.05) is 30.8 Å². The van der Waals surface area contributed by atoms with Crippen LogP contribution in [-0.4, -0.2) is 57.9 Å². The molecular weight excluding hydrogens is 489 g/mol. The van der Waals surface area contributed by atoms with Gasteiger partial charge in [0.05, 0.1) is 6.04 Å². The molecule has 5 atom stereocenters. The zero-order valence-electron chi connectivity index (χ0n) is 20.4. The zero-order chi connectivity index (χ0) is 25.8. The zero-order valence-corrected chi connectivity index (χ0v) is 22.0. The molecule has 0 bridgehead atoms. The predicted molar refractivity (Wildman–Crippen MR) is 137 cm³/mol. The Kier molecular flexibility index (Phi) is 9.44. The molecule has 2 aliphatic carbocycles. The number of fused-ring (bicyclic) bond motifs is 1. The molecule has 7 nitrogen and oxygen atoms in total. The normalized spacial score (nSPS) is 26.7. The quantitative estimate of drug-likeness (QED) is 0.176. The molecule has 0 radical (unpaired) electrons. The van der Waals surface area contributed by atoms with Gasteiger partial charge < -0.3 is 15.5 Å². The summed E-state index contributed by atoms with van der Waals surface area (Å²) in [5.41, 5.74) is 0. The van der Waals surface area contributed by atoms with Gasteiger partial charge in [-0.05, 0) is 38.0 Å². The lowest BCUT2D eigenvalue weighted by Crippen LogP contribution is -2.56. The number of carbonyl (C=O) groups excluding carboxylic acids is 4. The van der Waals surface area contributed by atoms with Crippen molar-refractivity contribution in [1.29, 1.82) is 0 Å². The van der Waals surface area contributed by atoms with Crippen LogP contribution >= 0.6 is 23.2 Å². The van der Waals surface area contributed by atoms with Crippen molar-refractivity contribution in [3.05, 3.63) is 25.3 Å². The summed E-state index contributed by atoms with van der Waals surface area (Å²) in [7, 11) is 0. The molecule has 3 amide bonds. The predicted octanol–water partition coefficient (Wildman–Crippen LogP) is 3.55. The van der Waals surface area contributed by atoms with Gasteiger partial charge in [-0.1, -0.05) is 38.3 Å². The topological polar surface area (TPSA) is 95.6 Å². The highest BCUT2D eigenvalue weighted by Gasteiger charge is 2.74. The first-order valence-corrected chi connectivity index (χ1v) is 13.4. The van der Waals surface area contributed by atoms with Gasteiger partial charge >= 0.3 is 0 Å². The van der Waals surface area contributed by atoms with Crippen molar-refractivity contribution in [2.45, 2.75) is 74.7 Å². The van der Waals surface area contributed by atoms with E-state index in [9.17, 15) is 19.2 Å². The third kappa shape index (κ3) is 6.11. The van der Waals surface area contributed by atoms with E-state index in [2.05, 4.69) is 23.8 Å². The molecule has 3 aliphatic rings. The molecule has 35 heavy (non-hydrogen) atoms. The summed E-state index contributed by atoms with van der Waals surface area (Å²) in [5, 5.41) is 5.28. The highest BCUT2D eigenvalue weighted by atomic mass is 35.5. The first-order chi connectivity index (χ1) is 16.6. The van der Waals surface area contributed by atoms with E-state index in [-0.39, 0.29) is 30.7 Å². The molecule has 0 aromatic rings. The Labute approximate surface area is 218 Å². The van der Waals surface area contributed by atoms with E-state index in [1.807, 2.05) is 6.92 Å². The lowest BCUT2D eigenvalue weighted by Gasteiger charge is -2.35. The Bertz CT molecular complexity index is 856. The van der Waals surface area contributed by atoms with E-state index in [0.717, 1.165) is 25.7 Å². The minimum atomic E-state index is -1.07. The molecule has 2 N–H and O–H groups in total. The maximum atomic E-state index is 13.5. The van der Waals surface area contributed by atoms with Gasteiger partial charge in [0.25, 0.3) is 5.91 Å². The Morgan fingerprint density at radius 1 is 1.09 bits per heavy atom. The number of piperidine rings is 1. The third-order valence-electron chi connectivity index (χ3n) is 7.78. The highest BCUT2D eigenvalue weighted by Crippen LogP contribution is 2.65. The van der Waals surface area contributed by atoms with Gasteiger partial charge in [0.2, 0.25) is 17.6 Å². The fraction of sp³-hybridized carbons (Fsp3) is 0.692. The van der Waals surface area contributed by atoms with Crippen LogP contribution in [0.15, 0.2) is 25.3 Å². The minimum Gasteiger partial charge on any atom is -0.349 e. The van der Waals surface area contributed by atoms with E-state index in [0.29, 0.717) is 25.3 Å². The first kappa shape index (κ1) is 27.7. The molecule has 3 rings (SSSR count). The number of ketones is 1. The molecule has 1 heterocycles. The summed E-state index contributed by atoms with van der Waals surface area (Å²) < 4.78 is -1.07. The molecule has 0 unspecified atom stereocenters. The molecular formula is C26H37Cl2N3O4. The summed E-state index contributed by atoms with van der Waals surface area (Å²) in [6.07, 6.45) is 9.90. The van der Waals surface area contributed by atoms with Crippen LogP contribution in [0.2, 0.25) is 0 Å². The van der Waals surface area contributed by atoms with Crippen LogP contribution < -0.4 is 10.6 Å². The van der Waals surface area contributed by atoms with Crippen molar-refractivity contribution in [3.63, 3.8) is 0 Å². The second-order valence-electron chi connectivity index (χ2n) is 10.1. The first-order valence-electron chi connectivity index (χ1n) is 12.7. The number of nitrogens with one attached hydrogen (secondary N) is 2. The number of amides is 3. The number of hydrogen-bond donors (Lipinski definition) is 2. The molecule has 1 saturated heterocycles. The number of alkyl halides is 2. The second kappa shape index (κ2) is 11.9. The average molecular weight is 527 g/mol. The average Bonchev–Trinajstić information content (AvgIpc) is 3.18. The van der Waals surface area contributed by atoms with Gasteiger partial charge in [-0.15, -0.1) is 36.4 Å². The van der Waals surface area contributed by atoms with Gasteiger partial charge in [0.15, 0.2) is 0 Å². The molecule has 3 fully saturated rings. The molecule has 0 aromatic carbocycles. The number of carbonyl (C=O) groups is 4. The Hall–Kier alpha value is -1.86. The van der Waals surface area contributed by atoms with Crippen molar-refractivity contribution in [2.75, 3.05) is 13.1 Å². The lowest BCUT2D eigenvalue weighted by atomic mass is 9.80. The Morgan fingerprint density at radius 2 is 1.74 bits per heavy atom. The maximum Gasteiger partial charge on any atom is 0.289 e. The van der Waals surface area contributed by atoms with Crippen molar-refractivity contribution >= 4 is 46.7 Å². The van der Waals surface area contributed by atoms with Crippen molar-refractivity contribution in [2.24, 2.45) is 23.7 Å². The van der Waals surface area contributed by atoms with Crippen LogP contribution in [0.25, 0.3) is 0 Å². The molecule has 0 aromatic heterocycles. The van der Waals surface area contributed by atoms with E-state index in [4.69, 9.17) is 23.2 Å². The van der Waals surface area contributed by atoms with E-state index in [1.165, 1.54) is 6.42 Å². The largest absolute Gasteiger partial charge is 0.349 e. The summed E-state index contributed by atoms with van der Waals surface area (Å²) in [4.78, 5) is 53.8. The van der Waals surface area contributed by atoms with Gasteiger partial charge in [0.1, 0.15) is 10.4 Å². The fourth-order valence-corrected chi connectivity index (χ4v) is 6.40. The van der Waals surface area contributed by atoms with E-state index >= 15 is 0 Å². The lowest BCUT2D eigenvalue weighted by molar-refractivity contribution is -0.145. The number of likely N-dealkylation sites (tertiary alicyclic amines) is 1. The summed E-state index contributed by atoms with van der Waals surface area (Å²) in [6, 6.07) is -1.90. The SMILES string of the molecule is C=CCCNC(=O)C(=O)[C@H](CCC=C)NC(=O)[C@@H]1[C@@H]2[C@H](CN1C(=O)[C@@H](C)C1CCCCC1)C2(Cl)Cl. The smallest absolute Gasteiger partial charge is 0.289 e. The maximum absolute atomic E-state index is 13.5. The summed E-state index contributed by atoms with van der Waals surface area (Å²) >= 11 is 12.9. The van der Waals surface area contributed by atoms with Crippen molar-refractivity contribution in [3.8, 4) is 0 Å². The van der Waals surface area contributed by atoms with Crippen LogP contribution in [0.5, 0.6) is 0 Å². The Balaban J connectivity index is 1.73. The standard InChI is InChI=1S/C26H37Cl2N3O4/c1-4-6-13-19(22(32)24(34)29-14-7-5-2)30-23(33)21-20-18(26(20,27)28)15-31(21)25(35)16(3)17-11-9-8-10-12-17/h4-5,16-21H,1-2,6-15H2,3H3,(H,29,34)(H,30,33)/t16-,18-,19-,20-,21-/m0/s1. The van der Waals surface area contributed by atoms with Crippen LogP contribution in [0.1, 0.15) is 58.3 Å². The Morgan fingerprint density at radius 3 is 2.37 bits per heavy atom. The number of hydrogen-bond acceptors (Lipinski definition) is 4. The van der Waals surface area contributed by atoms with Crippen LogP contribution in [0.4, 0.5) is 0 Å². The molecule has 194 valence electrons. The fourth-order valence-electron chi connectivity index (χ4n) is 5.57. The van der Waals surface area contributed by atoms with Crippen molar-refractivity contribution in [1.82, 2.24) is 15.5 Å². The number of allylic oxidation sites excluding steroid dienone is 1. The molecule has 9 heteroatoms. The van der Waals surface area contributed by atoms with Gasteiger partial charge in [-0.3, -0.25) is 19.2 Å². The monoisotopic (exact) mass is 525 g/mol. The van der Waals surface area contributed by atoms with Crippen LogP contribution in [0.3, 0.4) is 0 Å². The number of nitrogens with zero attached hydrogens (tertiary/aromatic N) is 1. The highest BCUT2D eigenvalue weighted by molar-refractivity contribution is 6.51. The van der Waals surface area contributed by atoms with Crippen LogP contribution in [0, 0.1) is 23.7 Å². The third-order valence-corrected chi connectivity index (χ3v) is 8.85. The van der Waals surface area contributed by atoms with Crippen molar-refractivity contribution < 1.29 is 19.2 Å². The number of rotatable bonds is 12. The van der Waals surface area contributed by atoms with Gasteiger partial charge in [-0.25, -0.2) is 0 Å². The number of Topliss-reactive ketones (excluding diaryl/α,β-unsaturated/α-hetero) is 1. The second-order valence-corrected chi connectivity index (χ2v) is 11.5. The van der Waals surface area contributed by atoms with Crippen LogP contribution in [-0.2, 0) is 19.2 Å². The summed E-state index contributed by atoms with van der Waals surface area (Å²) in [5.74, 6) is -2.54. The molecule has 1 aliphatic heterocycles. The van der Waals surface area contributed by atoms with Gasteiger partial charge in [-0.2, -0.15) is 0 Å². The molecule has 0 spiro atoms. The van der Waals surface area contributed by atoms with E-state index in [1.54, 1.807) is 17.1 Å². The summed E-state index contributed by atoms with van der Waals surface area (Å²) in [6.45, 7) is 9.80. The minimum absolute atomic E-state index is 0.0653. The molecule has 2 saturated carbocycles. The van der Waals surface area contributed by atoms with E-state index < -0.39 is 39.9 Å². The number of halogens is 2.